The quantitative estimate of drug-likeness (QED) is 0.621. The van der Waals surface area contributed by atoms with Crippen LogP contribution < -0.4 is 0 Å². The molecule has 0 aliphatic heterocycles. The molecule has 1 heteroatoms. The van der Waals surface area contributed by atoms with Crippen molar-refractivity contribution in [1.82, 2.24) is 4.90 Å². The lowest BCUT2D eigenvalue weighted by Gasteiger charge is -2.34. The first-order chi connectivity index (χ1) is 5.63. The number of rotatable bonds is 3. The second-order valence-electron chi connectivity index (χ2n) is 3.90. The molecule has 0 amide bonds. The molecule has 1 aliphatic rings. The molecule has 0 spiro atoms. The van der Waals surface area contributed by atoms with E-state index >= 15 is 0 Å². The van der Waals surface area contributed by atoms with E-state index < -0.39 is 0 Å². The van der Waals surface area contributed by atoms with Gasteiger partial charge in [0.05, 0.1) is 0 Å². The maximum atomic E-state index is 2.50. The Kier molecular flexibility index (Phi) is 3.10. The third-order valence-corrected chi connectivity index (χ3v) is 2.26. The molecule has 0 aromatic rings. The fourth-order valence-corrected chi connectivity index (χ4v) is 1.90. The van der Waals surface area contributed by atoms with Gasteiger partial charge in [-0.2, -0.15) is 0 Å². The van der Waals surface area contributed by atoms with E-state index in [4.69, 9.17) is 0 Å². The lowest BCUT2D eigenvalue weighted by atomic mass is 10.1. The Morgan fingerprint density at radius 1 is 0.917 bits per heavy atom. The van der Waals surface area contributed by atoms with Crippen LogP contribution in [0.2, 0.25) is 0 Å². The summed E-state index contributed by atoms with van der Waals surface area (Å²) in [6.07, 6.45) is 8.75. The maximum absolute atomic E-state index is 2.50. The third kappa shape index (κ3) is 1.98. The summed E-state index contributed by atoms with van der Waals surface area (Å²) >= 11 is 0. The molecule has 1 aliphatic carbocycles. The third-order valence-electron chi connectivity index (χ3n) is 2.26. The Balaban J connectivity index is 2.65. The summed E-state index contributed by atoms with van der Waals surface area (Å²) in [7, 11) is 0. The van der Waals surface area contributed by atoms with Gasteiger partial charge >= 0.3 is 0 Å². The molecule has 0 saturated heterocycles. The van der Waals surface area contributed by atoms with Crippen molar-refractivity contribution in [1.29, 1.82) is 0 Å². The highest BCUT2D eigenvalue weighted by molar-refractivity contribution is 5.22. The summed E-state index contributed by atoms with van der Waals surface area (Å²) in [5, 5.41) is 0. The van der Waals surface area contributed by atoms with Gasteiger partial charge < -0.3 is 0 Å². The minimum Gasteiger partial charge on any atom is -0.289 e. The zero-order valence-electron chi connectivity index (χ0n) is 8.49. The van der Waals surface area contributed by atoms with Crippen molar-refractivity contribution in [2.24, 2.45) is 0 Å². The van der Waals surface area contributed by atoms with Gasteiger partial charge in [-0.15, -0.1) is 0 Å². The van der Waals surface area contributed by atoms with Crippen LogP contribution in [0.15, 0.2) is 24.3 Å². The Morgan fingerprint density at radius 2 is 1.33 bits per heavy atom. The van der Waals surface area contributed by atoms with Gasteiger partial charge in [-0.3, -0.25) is 4.90 Å². The Bertz CT molecular complexity index is 169. The minimum absolute atomic E-state index is 0.519. The molecule has 0 atom stereocenters. The molecule has 0 bridgehead atoms. The van der Waals surface area contributed by atoms with Gasteiger partial charge in [0.15, 0.2) is 0 Å². The lowest BCUT2D eigenvalue weighted by Crippen LogP contribution is -2.42. The van der Waals surface area contributed by atoms with Crippen LogP contribution in [-0.2, 0) is 0 Å². The predicted molar refractivity (Wildman–Crippen MR) is 54.2 cm³/mol. The van der Waals surface area contributed by atoms with Gasteiger partial charge in [0.1, 0.15) is 0 Å². The molecule has 1 rings (SSSR count). The normalized spacial score (nSPS) is 17.6. The first-order valence-electron chi connectivity index (χ1n) is 4.75. The van der Waals surface area contributed by atoms with Crippen LogP contribution in [0.25, 0.3) is 0 Å². The van der Waals surface area contributed by atoms with E-state index in [0.29, 0.717) is 18.1 Å². The highest BCUT2D eigenvalue weighted by Crippen LogP contribution is 2.16. The van der Waals surface area contributed by atoms with Crippen LogP contribution in [0.4, 0.5) is 0 Å². The molecular formula is C11H19N. The summed E-state index contributed by atoms with van der Waals surface area (Å²) < 4.78 is 0. The van der Waals surface area contributed by atoms with Gasteiger partial charge in [-0.05, 0) is 27.7 Å². The monoisotopic (exact) mass is 165 g/mol. The van der Waals surface area contributed by atoms with Crippen LogP contribution in [0.3, 0.4) is 0 Å². The molecule has 0 radical (unpaired) electrons. The van der Waals surface area contributed by atoms with Gasteiger partial charge in [0, 0.05) is 18.1 Å². The van der Waals surface area contributed by atoms with E-state index in [1.54, 1.807) is 0 Å². The molecule has 0 aromatic carbocycles. The fourth-order valence-electron chi connectivity index (χ4n) is 1.90. The van der Waals surface area contributed by atoms with Crippen molar-refractivity contribution < 1.29 is 0 Å². The Morgan fingerprint density at radius 3 is 1.67 bits per heavy atom. The van der Waals surface area contributed by atoms with Crippen LogP contribution in [0, 0.1) is 0 Å². The number of nitrogens with zero attached hydrogens (tertiary/aromatic N) is 1. The molecule has 0 heterocycles. The SMILES string of the molecule is CC(C)N(C(C)C)C1C=CC=C1. The van der Waals surface area contributed by atoms with Crippen molar-refractivity contribution in [3.05, 3.63) is 24.3 Å². The van der Waals surface area contributed by atoms with Gasteiger partial charge in [0.25, 0.3) is 0 Å². The number of hydrogen-bond donors (Lipinski definition) is 0. The van der Waals surface area contributed by atoms with E-state index in [-0.39, 0.29) is 0 Å². The van der Waals surface area contributed by atoms with Gasteiger partial charge in [0.2, 0.25) is 0 Å². The number of hydrogen-bond acceptors (Lipinski definition) is 1. The Hall–Kier alpha value is -0.560. The van der Waals surface area contributed by atoms with Crippen LogP contribution >= 0.6 is 0 Å². The molecule has 0 aromatic heterocycles. The highest BCUT2D eigenvalue weighted by atomic mass is 15.2. The summed E-state index contributed by atoms with van der Waals surface area (Å²) in [5.41, 5.74) is 0. The van der Waals surface area contributed by atoms with E-state index in [9.17, 15) is 0 Å². The second kappa shape index (κ2) is 3.90. The van der Waals surface area contributed by atoms with E-state index in [1.165, 1.54) is 0 Å². The molecule has 68 valence electrons. The summed E-state index contributed by atoms with van der Waals surface area (Å²) in [6.45, 7) is 9.00. The van der Waals surface area contributed by atoms with Crippen molar-refractivity contribution in [2.75, 3.05) is 0 Å². The van der Waals surface area contributed by atoms with Crippen molar-refractivity contribution in [2.45, 2.75) is 45.8 Å². The van der Waals surface area contributed by atoms with Crippen LogP contribution in [-0.4, -0.2) is 23.0 Å². The maximum Gasteiger partial charge on any atom is 0.0473 e. The smallest absolute Gasteiger partial charge is 0.0473 e. The van der Waals surface area contributed by atoms with Crippen molar-refractivity contribution >= 4 is 0 Å². The average molecular weight is 165 g/mol. The molecule has 0 saturated carbocycles. The topological polar surface area (TPSA) is 3.24 Å². The van der Waals surface area contributed by atoms with Crippen molar-refractivity contribution in [3.63, 3.8) is 0 Å². The summed E-state index contributed by atoms with van der Waals surface area (Å²) in [4.78, 5) is 2.50. The minimum atomic E-state index is 0.519. The molecule has 1 nitrogen and oxygen atoms in total. The van der Waals surface area contributed by atoms with Crippen LogP contribution in [0.1, 0.15) is 27.7 Å². The summed E-state index contributed by atoms with van der Waals surface area (Å²) in [6, 6.07) is 1.75. The molecule has 0 unspecified atom stereocenters. The van der Waals surface area contributed by atoms with Gasteiger partial charge in [-0.25, -0.2) is 0 Å². The fraction of sp³-hybridized carbons (Fsp3) is 0.636. The largest absolute Gasteiger partial charge is 0.289 e. The average Bonchev–Trinajstić information content (AvgIpc) is 2.37. The standard InChI is InChI=1S/C11H19N/c1-9(2)12(10(3)4)11-7-5-6-8-11/h5-11H,1-4H3. The predicted octanol–water partition coefficient (Wildman–Crippen LogP) is 2.60. The summed E-state index contributed by atoms with van der Waals surface area (Å²) in [5.74, 6) is 0. The zero-order valence-corrected chi connectivity index (χ0v) is 8.49. The molecular weight excluding hydrogens is 146 g/mol. The second-order valence-corrected chi connectivity index (χ2v) is 3.90. The molecule has 0 N–H and O–H groups in total. The molecule has 0 fully saturated rings. The number of allylic oxidation sites excluding steroid dienone is 2. The van der Waals surface area contributed by atoms with Crippen molar-refractivity contribution in [3.8, 4) is 0 Å². The first kappa shape index (κ1) is 9.53. The highest BCUT2D eigenvalue weighted by Gasteiger charge is 2.20. The first-order valence-corrected chi connectivity index (χ1v) is 4.75. The van der Waals surface area contributed by atoms with E-state index in [2.05, 4.69) is 56.9 Å². The molecule has 12 heavy (non-hydrogen) atoms. The van der Waals surface area contributed by atoms with Crippen LogP contribution in [0.5, 0.6) is 0 Å². The zero-order chi connectivity index (χ0) is 9.14. The Labute approximate surface area is 75.8 Å². The lowest BCUT2D eigenvalue weighted by molar-refractivity contribution is 0.162. The van der Waals surface area contributed by atoms with Gasteiger partial charge in [-0.1, -0.05) is 24.3 Å². The van der Waals surface area contributed by atoms with E-state index in [0.717, 1.165) is 0 Å². The van der Waals surface area contributed by atoms with E-state index in [1.807, 2.05) is 0 Å².